The first kappa shape index (κ1) is 22.0. The number of nitrogens with zero attached hydrogens (tertiary/aromatic N) is 1. The number of ether oxygens (including phenoxy) is 2. The SMILES string of the molecule is COc1ccc(/C(O)=C2\C(=O)C(=O)N(c3ccc(F)cc3)C2c2ccccc2F)cc1OC. The van der Waals surface area contributed by atoms with E-state index in [0.29, 0.717) is 5.75 Å². The van der Waals surface area contributed by atoms with Gasteiger partial charge in [-0.25, -0.2) is 8.78 Å². The highest BCUT2D eigenvalue weighted by molar-refractivity contribution is 6.51. The van der Waals surface area contributed by atoms with Crippen molar-refractivity contribution < 1.29 is 33.0 Å². The number of aliphatic hydroxyl groups excluding tert-OH is 1. The summed E-state index contributed by atoms with van der Waals surface area (Å²) in [5, 5.41) is 11.1. The summed E-state index contributed by atoms with van der Waals surface area (Å²) in [7, 11) is 2.86. The van der Waals surface area contributed by atoms with Gasteiger partial charge in [-0.05, 0) is 48.5 Å². The first-order chi connectivity index (χ1) is 15.9. The molecule has 1 aliphatic rings. The largest absolute Gasteiger partial charge is 0.507 e. The van der Waals surface area contributed by atoms with Gasteiger partial charge in [-0.3, -0.25) is 14.5 Å². The first-order valence-electron chi connectivity index (χ1n) is 9.90. The van der Waals surface area contributed by atoms with E-state index in [9.17, 15) is 23.5 Å². The molecule has 1 atom stereocenters. The molecule has 33 heavy (non-hydrogen) atoms. The maximum atomic E-state index is 14.9. The quantitative estimate of drug-likeness (QED) is 0.348. The van der Waals surface area contributed by atoms with Crippen LogP contribution in [0.4, 0.5) is 14.5 Å². The summed E-state index contributed by atoms with van der Waals surface area (Å²) < 4.78 is 38.8. The topological polar surface area (TPSA) is 76.1 Å². The minimum atomic E-state index is -1.27. The molecule has 1 amide bonds. The molecule has 0 aromatic heterocycles. The maximum Gasteiger partial charge on any atom is 0.300 e. The van der Waals surface area contributed by atoms with Crippen LogP contribution in [0.2, 0.25) is 0 Å². The minimum Gasteiger partial charge on any atom is -0.507 e. The lowest BCUT2D eigenvalue weighted by atomic mass is 9.94. The fraction of sp³-hybridized carbons (Fsp3) is 0.120. The standard InChI is InChI=1S/C25H19F2NO5/c1-32-19-12-7-14(13-20(19)33-2)23(29)21-22(17-5-3-4-6-18(17)27)28(25(31)24(21)30)16-10-8-15(26)9-11-16/h3-13,22,29H,1-2H3/b23-21+. The van der Waals surface area contributed by atoms with Crippen molar-refractivity contribution >= 4 is 23.1 Å². The number of aliphatic hydroxyl groups is 1. The molecule has 4 rings (SSSR count). The van der Waals surface area contributed by atoms with Crippen LogP contribution in [0.3, 0.4) is 0 Å². The molecule has 1 heterocycles. The molecule has 1 fully saturated rings. The lowest BCUT2D eigenvalue weighted by Gasteiger charge is -2.25. The molecule has 0 spiro atoms. The van der Waals surface area contributed by atoms with Gasteiger partial charge in [-0.1, -0.05) is 18.2 Å². The van der Waals surface area contributed by atoms with Gasteiger partial charge >= 0.3 is 0 Å². The van der Waals surface area contributed by atoms with Crippen molar-refractivity contribution in [3.63, 3.8) is 0 Å². The van der Waals surface area contributed by atoms with Crippen molar-refractivity contribution in [1.29, 1.82) is 0 Å². The number of Topliss-reactive ketones (excluding diaryl/α,β-unsaturated/α-hetero) is 1. The van der Waals surface area contributed by atoms with Gasteiger partial charge in [0.25, 0.3) is 11.7 Å². The second kappa shape index (κ2) is 8.74. The van der Waals surface area contributed by atoms with Crippen LogP contribution in [0, 0.1) is 11.6 Å². The summed E-state index contributed by atoms with van der Waals surface area (Å²) in [6.45, 7) is 0. The number of carbonyl (C=O) groups is 2. The van der Waals surface area contributed by atoms with Crippen LogP contribution in [0.25, 0.3) is 5.76 Å². The summed E-state index contributed by atoms with van der Waals surface area (Å²) in [5.41, 5.74) is 0.0499. The molecule has 6 nitrogen and oxygen atoms in total. The summed E-state index contributed by atoms with van der Waals surface area (Å²) in [6, 6.07) is 13.7. The number of anilines is 1. The van der Waals surface area contributed by atoms with Gasteiger partial charge in [0.1, 0.15) is 17.4 Å². The average molecular weight is 451 g/mol. The Morgan fingerprint density at radius 2 is 1.58 bits per heavy atom. The molecular formula is C25H19F2NO5. The lowest BCUT2D eigenvalue weighted by Crippen LogP contribution is -2.29. The van der Waals surface area contributed by atoms with Crippen molar-refractivity contribution in [1.82, 2.24) is 0 Å². The van der Waals surface area contributed by atoms with Crippen LogP contribution in [-0.2, 0) is 9.59 Å². The van der Waals surface area contributed by atoms with E-state index < -0.39 is 35.1 Å². The van der Waals surface area contributed by atoms with Gasteiger partial charge in [-0.2, -0.15) is 0 Å². The molecule has 1 saturated heterocycles. The van der Waals surface area contributed by atoms with Crippen LogP contribution in [0.1, 0.15) is 17.2 Å². The molecule has 3 aromatic carbocycles. The van der Waals surface area contributed by atoms with E-state index in [1.54, 1.807) is 6.07 Å². The van der Waals surface area contributed by atoms with Crippen LogP contribution >= 0.6 is 0 Å². The Labute approximate surface area is 188 Å². The second-order valence-electron chi connectivity index (χ2n) is 7.24. The number of carbonyl (C=O) groups excluding carboxylic acids is 2. The molecule has 3 aromatic rings. The first-order valence-corrected chi connectivity index (χ1v) is 9.90. The third-order valence-electron chi connectivity index (χ3n) is 5.41. The molecular weight excluding hydrogens is 432 g/mol. The van der Waals surface area contributed by atoms with Crippen molar-refractivity contribution in [3.05, 3.63) is 95.1 Å². The third kappa shape index (κ3) is 3.80. The highest BCUT2D eigenvalue weighted by Gasteiger charge is 2.47. The fourth-order valence-corrected chi connectivity index (χ4v) is 3.83. The van der Waals surface area contributed by atoms with E-state index in [1.165, 1.54) is 62.8 Å². The molecule has 0 radical (unpaired) electrons. The number of rotatable bonds is 5. The predicted octanol–water partition coefficient (Wildman–Crippen LogP) is 4.61. The second-order valence-corrected chi connectivity index (χ2v) is 7.24. The number of methoxy groups -OCH3 is 2. The Morgan fingerprint density at radius 3 is 2.21 bits per heavy atom. The third-order valence-corrected chi connectivity index (χ3v) is 5.41. The number of halogens is 2. The van der Waals surface area contributed by atoms with E-state index in [-0.39, 0.29) is 28.1 Å². The normalized spacial score (nSPS) is 17.3. The van der Waals surface area contributed by atoms with Crippen molar-refractivity contribution in [2.24, 2.45) is 0 Å². The van der Waals surface area contributed by atoms with Gasteiger partial charge in [0.2, 0.25) is 0 Å². The monoisotopic (exact) mass is 451 g/mol. The number of hydrogen-bond acceptors (Lipinski definition) is 5. The van der Waals surface area contributed by atoms with E-state index in [2.05, 4.69) is 0 Å². The molecule has 0 bridgehead atoms. The Kier molecular flexibility index (Phi) is 5.83. The van der Waals surface area contributed by atoms with Gasteiger partial charge in [0, 0.05) is 16.8 Å². The molecule has 0 saturated carbocycles. The van der Waals surface area contributed by atoms with Crippen LogP contribution < -0.4 is 14.4 Å². The van der Waals surface area contributed by atoms with E-state index in [1.807, 2.05) is 0 Å². The summed E-state index contributed by atoms with van der Waals surface area (Å²) in [4.78, 5) is 27.2. The summed E-state index contributed by atoms with van der Waals surface area (Å²) in [6.07, 6.45) is 0. The number of hydrogen-bond donors (Lipinski definition) is 1. The average Bonchev–Trinajstić information content (AvgIpc) is 3.09. The Balaban J connectivity index is 1.96. The Bertz CT molecular complexity index is 1270. The summed E-state index contributed by atoms with van der Waals surface area (Å²) in [5.74, 6) is -3.01. The number of amides is 1. The van der Waals surface area contributed by atoms with Gasteiger partial charge in [0.05, 0.1) is 25.8 Å². The van der Waals surface area contributed by atoms with Gasteiger partial charge in [0.15, 0.2) is 11.5 Å². The Hall–Kier alpha value is -4.20. The van der Waals surface area contributed by atoms with Crippen molar-refractivity contribution in [2.45, 2.75) is 6.04 Å². The van der Waals surface area contributed by atoms with Crippen molar-refractivity contribution in [2.75, 3.05) is 19.1 Å². The van der Waals surface area contributed by atoms with Crippen LogP contribution in [-0.4, -0.2) is 31.0 Å². The molecule has 1 N–H and O–H groups in total. The van der Waals surface area contributed by atoms with E-state index in [0.717, 1.165) is 17.0 Å². The highest BCUT2D eigenvalue weighted by Crippen LogP contribution is 2.43. The highest BCUT2D eigenvalue weighted by atomic mass is 19.1. The van der Waals surface area contributed by atoms with E-state index in [4.69, 9.17) is 9.47 Å². The number of ketones is 1. The van der Waals surface area contributed by atoms with Crippen LogP contribution in [0.15, 0.2) is 72.3 Å². The molecule has 1 unspecified atom stereocenters. The Morgan fingerprint density at radius 1 is 0.909 bits per heavy atom. The van der Waals surface area contributed by atoms with Crippen LogP contribution in [0.5, 0.6) is 11.5 Å². The molecule has 0 aliphatic carbocycles. The van der Waals surface area contributed by atoms with Crippen molar-refractivity contribution in [3.8, 4) is 11.5 Å². The zero-order valence-corrected chi connectivity index (χ0v) is 17.7. The summed E-state index contributed by atoms with van der Waals surface area (Å²) >= 11 is 0. The maximum absolute atomic E-state index is 14.9. The minimum absolute atomic E-state index is 0.00283. The lowest BCUT2D eigenvalue weighted by molar-refractivity contribution is -0.132. The molecule has 8 heteroatoms. The molecule has 168 valence electrons. The molecule has 1 aliphatic heterocycles. The fourth-order valence-electron chi connectivity index (χ4n) is 3.83. The predicted molar refractivity (Wildman–Crippen MR) is 117 cm³/mol. The van der Waals surface area contributed by atoms with E-state index >= 15 is 0 Å². The number of benzene rings is 3. The smallest absolute Gasteiger partial charge is 0.300 e. The zero-order valence-electron chi connectivity index (χ0n) is 17.7. The zero-order chi connectivity index (χ0) is 23.7. The van der Waals surface area contributed by atoms with Gasteiger partial charge < -0.3 is 14.6 Å². The van der Waals surface area contributed by atoms with Gasteiger partial charge in [-0.15, -0.1) is 0 Å².